The van der Waals surface area contributed by atoms with E-state index in [2.05, 4.69) is 24.8 Å². The summed E-state index contributed by atoms with van der Waals surface area (Å²) in [5.41, 5.74) is 1.28. The molecule has 0 aromatic heterocycles. The van der Waals surface area contributed by atoms with Gasteiger partial charge in [0.25, 0.3) is 0 Å². The van der Waals surface area contributed by atoms with Crippen LogP contribution in [0.2, 0.25) is 0 Å². The van der Waals surface area contributed by atoms with Crippen molar-refractivity contribution in [3.05, 3.63) is 36.5 Å². The third kappa shape index (κ3) is 2.68. The molecule has 1 aliphatic carbocycles. The Morgan fingerprint density at radius 2 is 2.56 bits per heavy atom. The molecule has 0 nitrogen and oxygen atoms in total. The van der Waals surface area contributed by atoms with Crippen LogP contribution in [0, 0.1) is 6.08 Å². The average molecular weight is 164 g/mol. The van der Waals surface area contributed by atoms with E-state index in [9.17, 15) is 0 Å². The van der Waals surface area contributed by atoms with Gasteiger partial charge in [-0.05, 0) is 6.42 Å². The summed E-state index contributed by atoms with van der Waals surface area (Å²) in [7, 11) is 0. The Hall–Kier alpha value is -0.274. The number of hydrogen-bond acceptors (Lipinski definition) is 0. The molecule has 51 valence electrons. The topological polar surface area (TPSA) is 0 Å². The molecular weight excluding hydrogens is 155 g/mol. The second-order valence-electron chi connectivity index (χ2n) is 1.80. The number of allylic oxidation sites excluding steroid dienone is 5. The van der Waals surface area contributed by atoms with E-state index in [4.69, 9.17) is 0 Å². The van der Waals surface area contributed by atoms with E-state index in [1.165, 1.54) is 5.57 Å². The van der Waals surface area contributed by atoms with Crippen molar-refractivity contribution in [3.63, 3.8) is 0 Å². The van der Waals surface area contributed by atoms with E-state index in [0.717, 1.165) is 12.8 Å². The molecule has 1 heteroatoms. The minimum absolute atomic E-state index is 0. The molecule has 0 fully saturated rings. The summed E-state index contributed by atoms with van der Waals surface area (Å²) in [6, 6.07) is 0. The number of hydrogen-bond donors (Lipinski definition) is 0. The SMILES string of the molecule is C=CCC1=[C-]CC=C1.[Co]. The fourth-order valence-corrected chi connectivity index (χ4v) is 0.746. The molecule has 0 aliphatic heterocycles. The Balaban J connectivity index is 0.000000640. The van der Waals surface area contributed by atoms with Gasteiger partial charge in [0.2, 0.25) is 0 Å². The van der Waals surface area contributed by atoms with E-state index in [0.29, 0.717) is 0 Å². The molecule has 0 unspecified atom stereocenters. The fraction of sp³-hybridized carbons (Fsp3) is 0.250. The minimum Gasteiger partial charge on any atom is -0.269 e. The first-order valence-corrected chi connectivity index (χ1v) is 2.80. The quantitative estimate of drug-likeness (QED) is 0.433. The number of rotatable bonds is 2. The van der Waals surface area contributed by atoms with Crippen LogP contribution < -0.4 is 0 Å². The van der Waals surface area contributed by atoms with Gasteiger partial charge in [-0.2, -0.15) is 6.08 Å². The average Bonchev–Trinajstić information content (AvgIpc) is 2.19. The zero-order valence-corrected chi connectivity index (χ0v) is 6.23. The van der Waals surface area contributed by atoms with Gasteiger partial charge in [-0.1, -0.05) is 6.08 Å². The van der Waals surface area contributed by atoms with E-state index < -0.39 is 0 Å². The van der Waals surface area contributed by atoms with Gasteiger partial charge in [-0.15, -0.1) is 13.0 Å². The second kappa shape index (κ2) is 4.59. The van der Waals surface area contributed by atoms with Crippen molar-refractivity contribution in [3.8, 4) is 0 Å². The maximum Gasteiger partial charge on any atom is 0 e. The molecule has 9 heavy (non-hydrogen) atoms. The first-order chi connectivity index (χ1) is 3.93. The summed E-state index contributed by atoms with van der Waals surface area (Å²) in [6.45, 7) is 3.63. The molecule has 0 amide bonds. The van der Waals surface area contributed by atoms with Gasteiger partial charge in [0.15, 0.2) is 0 Å². The van der Waals surface area contributed by atoms with E-state index in [1.807, 2.05) is 6.08 Å². The third-order valence-corrected chi connectivity index (χ3v) is 1.13. The van der Waals surface area contributed by atoms with Gasteiger partial charge in [-0.25, -0.2) is 11.6 Å². The Kier molecular flexibility index (Phi) is 4.45. The molecule has 1 aliphatic rings. The molecule has 1 radical (unpaired) electrons. The molecule has 0 saturated heterocycles. The first kappa shape index (κ1) is 8.73. The standard InChI is InChI=1S/C8H9.Co/c1-2-5-8-6-3-4-7-8;/h2-3,6H,1,4-5H2;/q-1;. The van der Waals surface area contributed by atoms with Gasteiger partial charge < -0.3 is 0 Å². The van der Waals surface area contributed by atoms with Crippen molar-refractivity contribution in [2.45, 2.75) is 12.8 Å². The van der Waals surface area contributed by atoms with Crippen LogP contribution >= 0.6 is 0 Å². The summed E-state index contributed by atoms with van der Waals surface area (Å²) in [6.07, 6.45) is 11.3. The van der Waals surface area contributed by atoms with Crippen LogP contribution in [0.1, 0.15) is 12.8 Å². The van der Waals surface area contributed by atoms with Crippen molar-refractivity contribution >= 4 is 0 Å². The fourth-order valence-electron chi connectivity index (χ4n) is 0.746. The summed E-state index contributed by atoms with van der Waals surface area (Å²) < 4.78 is 0. The van der Waals surface area contributed by atoms with Crippen LogP contribution in [-0.2, 0) is 16.8 Å². The zero-order valence-electron chi connectivity index (χ0n) is 5.19. The summed E-state index contributed by atoms with van der Waals surface area (Å²) in [5.74, 6) is 0. The molecule has 0 aromatic carbocycles. The molecule has 0 N–H and O–H groups in total. The Morgan fingerprint density at radius 3 is 3.00 bits per heavy atom. The molecular formula is C8H9Co-. The Bertz CT molecular complexity index is 143. The molecule has 0 spiro atoms. The summed E-state index contributed by atoms with van der Waals surface area (Å²) in [5, 5.41) is 0. The van der Waals surface area contributed by atoms with Crippen LogP contribution in [-0.4, -0.2) is 0 Å². The van der Waals surface area contributed by atoms with Crippen molar-refractivity contribution < 1.29 is 16.8 Å². The van der Waals surface area contributed by atoms with E-state index in [1.54, 1.807) is 0 Å². The van der Waals surface area contributed by atoms with Crippen LogP contribution in [0.4, 0.5) is 0 Å². The normalized spacial score (nSPS) is 14.4. The van der Waals surface area contributed by atoms with E-state index in [-0.39, 0.29) is 16.8 Å². The largest absolute Gasteiger partial charge is 0.269 e. The Morgan fingerprint density at radius 1 is 1.78 bits per heavy atom. The molecule has 0 atom stereocenters. The van der Waals surface area contributed by atoms with Crippen molar-refractivity contribution in [1.29, 1.82) is 0 Å². The molecule has 1 rings (SSSR count). The molecule has 0 heterocycles. The van der Waals surface area contributed by atoms with Crippen LogP contribution in [0.3, 0.4) is 0 Å². The van der Waals surface area contributed by atoms with Crippen molar-refractivity contribution in [1.82, 2.24) is 0 Å². The monoisotopic (exact) mass is 164 g/mol. The van der Waals surface area contributed by atoms with Crippen molar-refractivity contribution in [2.75, 3.05) is 0 Å². The van der Waals surface area contributed by atoms with Crippen LogP contribution in [0.5, 0.6) is 0 Å². The summed E-state index contributed by atoms with van der Waals surface area (Å²) in [4.78, 5) is 0. The molecule has 0 bridgehead atoms. The van der Waals surface area contributed by atoms with E-state index >= 15 is 0 Å². The maximum absolute atomic E-state index is 3.63. The first-order valence-electron chi connectivity index (χ1n) is 2.80. The molecule has 0 saturated carbocycles. The zero-order chi connectivity index (χ0) is 5.82. The summed E-state index contributed by atoms with van der Waals surface area (Å²) >= 11 is 0. The second-order valence-corrected chi connectivity index (χ2v) is 1.80. The van der Waals surface area contributed by atoms with Gasteiger partial charge in [-0.3, -0.25) is 6.08 Å². The van der Waals surface area contributed by atoms with Crippen molar-refractivity contribution in [2.24, 2.45) is 0 Å². The van der Waals surface area contributed by atoms with Crippen LogP contribution in [0.15, 0.2) is 30.4 Å². The van der Waals surface area contributed by atoms with Crippen LogP contribution in [0.25, 0.3) is 0 Å². The maximum atomic E-state index is 3.63. The van der Waals surface area contributed by atoms with Gasteiger partial charge in [0.05, 0.1) is 0 Å². The predicted molar refractivity (Wildman–Crippen MR) is 35.3 cm³/mol. The van der Waals surface area contributed by atoms with Gasteiger partial charge >= 0.3 is 0 Å². The third-order valence-electron chi connectivity index (χ3n) is 1.13. The molecule has 0 aromatic rings. The minimum atomic E-state index is 0. The Labute approximate surface area is 66.5 Å². The smallest absolute Gasteiger partial charge is 0 e. The van der Waals surface area contributed by atoms with Gasteiger partial charge in [0.1, 0.15) is 0 Å². The van der Waals surface area contributed by atoms with Gasteiger partial charge in [0, 0.05) is 16.8 Å². The predicted octanol–water partition coefficient (Wildman–Crippen LogP) is 2.25.